The van der Waals surface area contributed by atoms with Gasteiger partial charge >= 0.3 is 0 Å². The van der Waals surface area contributed by atoms with Crippen LogP contribution in [-0.2, 0) is 13.6 Å². The molecule has 0 saturated carbocycles. The highest BCUT2D eigenvalue weighted by atomic mass is 79.9. The summed E-state index contributed by atoms with van der Waals surface area (Å²) in [6, 6.07) is 5.54. The Morgan fingerprint density at radius 3 is 2.38 bits per heavy atom. The molecule has 2 heterocycles. The zero-order valence-corrected chi connectivity index (χ0v) is 16.3. The van der Waals surface area contributed by atoms with E-state index >= 15 is 0 Å². The molecule has 0 unspecified atom stereocenters. The number of hydrogen-bond donors (Lipinski definition) is 0. The molecule has 24 heavy (non-hydrogen) atoms. The summed E-state index contributed by atoms with van der Waals surface area (Å²) in [5.74, 6) is -0.0436. The molecule has 1 fully saturated rings. The van der Waals surface area contributed by atoms with Gasteiger partial charge in [-0.15, -0.1) is 0 Å². The average Bonchev–Trinajstić information content (AvgIpc) is 2.89. The minimum absolute atomic E-state index is 0.0436. The maximum Gasteiger partial charge on any atom is 0.275 e. The molecule has 1 aromatic heterocycles. The lowest BCUT2D eigenvalue weighted by atomic mass is 10.2. The van der Waals surface area contributed by atoms with Gasteiger partial charge in [0.1, 0.15) is 0 Å². The van der Waals surface area contributed by atoms with Crippen LogP contribution in [0.3, 0.4) is 0 Å². The molecule has 2 aromatic rings. The predicted molar refractivity (Wildman–Crippen MR) is 98.6 cm³/mol. The maximum absolute atomic E-state index is 12.6. The number of aromatic nitrogens is 2. The zero-order chi connectivity index (χ0) is 17.3. The summed E-state index contributed by atoms with van der Waals surface area (Å²) in [7, 11) is 1.80. The first kappa shape index (κ1) is 17.7. The largest absolute Gasteiger partial charge is 0.335 e. The third-order valence-corrected chi connectivity index (χ3v) is 5.38. The summed E-state index contributed by atoms with van der Waals surface area (Å²) >= 11 is 15.9. The van der Waals surface area contributed by atoms with Crippen LogP contribution < -0.4 is 0 Å². The minimum atomic E-state index is -0.0436. The molecule has 0 radical (unpaired) electrons. The summed E-state index contributed by atoms with van der Waals surface area (Å²) < 4.78 is 2.35. The van der Waals surface area contributed by atoms with Gasteiger partial charge in [-0.2, -0.15) is 5.10 Å². The highest BCUT2D eigenvalue weighted by Gasteiger charge is 2.26. The fraction of sp³-hybridized carbons (Fsp3) is 0.375. The first-order chi connectivity index (χ1) is 11.5. The van der Waals surface area contributed by atoms with Crippen molar-refractivity contribution < 1.29 is 4.79 Å². The van der Waals surface area contributed by atoms with E-state index in [-0.39, 0.29) is 5.91 Å². The van der Waals surface area contributed by atoms with Crippen LogP contribution in [0.2, 0.25) is 10.0 Å². The third kappa shape index (κ3) is 3.77. The van der Waals surface area contributed by atoms with Crippen molar-refractivity contribution in [3.05, 3.63) is 50.2 Å². The summed E-state index contributed by atoms with van der Waals surface area (Å²) in [5.41, 5.74) is 1.40. The van der Waals surface area contributed by atoms with Gasteiger partial charge < -0.3 is 4.90 Å². The zero-order valence-electron chi connectivity index (χ0n) is 13.2. The maximum atomic E-state index is 12.6. The van der Waals surface area contributed by atoms with Gasteiger partial charge in [0, 0.05) is 61.6 Å². The number of nitrogens with zero attached hydrogens (tertiary/aromatic N) is 4. The SMILES string of the molecule is Cn1cc(Br)c(C(=O)N2CCN(Cc3c(Cl)cccc3Cl)CC2)n1. The van der Waals surface area contributed by atoms with Crippen molar-refractivity contribution in [2.45, 2.75) is 6.54 Å². The normalized spacial score (nSPS) is 15.8. The number of rotatable bonds is 3. The van der Waals surface area contributed by atoms with Gasteiger partial charge in [0.2, 0.25) is 0 Å². The average molecular weight is 432 g/mol. The Bertz CT molecular complexity index is 736. The second-order valence-electron chi connectivity index (χ2n) is 5.77. The molecular weight excluding hydrogens is 415 g/mol. The van der Waals surface area contributed by atoms with Crippen LogP contribution in [0.25, 0.3) is 0 Å². The first-order valence-electron chi connectivity index (χ1n) is 7.59. The van der Waals surface area contributed by atoms with Crippen molar-refractivity contribution >= 4 is 45.0 Å². The van der Waals surface area contributed by atoms with E-state index in [1.165, 1.54) is 0 Å². The van der Waals surface area contributed by atoms with Gasteiger partial charge in [-0.05, 0) is 28.1 Å². The predicted octanol–water partition coefficient (Wildman–Crippen LogP) is 3.45. The molecule has 0 aliphatic carbocycles. The molecule has 1 amide bonds. The minimum Gasteiger partial charge on any atom is -0.335 e. The highest BCUT2D eigenvalue weighted by Crippen LogP contribution is 2.26. The van der Waals surface area contributed by atoms with E-state index in [2.05, 4.69) is 25.9 Å². The van der Waals surface area contributed by atoms with Gasteiger partial charge in [0.25, 0.3) is 5.91 Å². The molecule has 0 bridgehead atoms. The second kappa shape index (κ2) is 7.44. The molecule has 0 spiro atoms. The van der Waals surface area contributed by atoms with Gasteiger partial charge in [-0.25, -0.2) is 0 Å². The van der Waals surface area contributed by atoms with E-state index in [0.29, 0.717) is 35.4 Å². The fourth-order valence-corrected chi connectivity index (χ4v) is 3.83. The quantitative estimate of drug-likeness (QED) is 0.747. The molecule has 1 aliphatic rings. The molecule has 1 saturated heterocycles. The van der Waals surface area contributed by atoms with Crippen LogP contribution in [0.4, 0.5) is 0 Å². The summed E-state index contributed by atoms with van der Waals surface area (Å²) in [4.78, 5) is 16.7. The molecule has 0 atom stereocenters. The Labute approximate surface area is 159 Å². The van der Waals surface area contributed by atoms with Gasteiger partial charge in [-0.1, -0.05) is 29.3 Å². The number of hydrogen-bond acceptors (Lipinski definition) is 3. The van der Waals surface area contributed by atoms with Crippen LogP contribution in [0.15, 0.2) is 28.9 Å². The second-order valence-corrected chi connectivity index (χ2v) is 7.44. The summed E-state index contributed by atoms with van der Waals surface area (Å²) in [5, 5.41) is 5.58. The van der Waals surface area contributed by atoms with E-state index in [0.717, 1.165) is 23.1 Å². The Kier molecular flexibility index (Phi) is 5.49. The number of carbonyl (C=O) groups excluding carboxylic acids is 1. The van der Waals surface area contributed by atoms with Crippen LogP contribution >= 0.6 is 39.1 Å². The molecule has 8 heteroatoms. The monoisotopic (exact) mass is 430 g/mol. The molecule has 1 aliphatic heterocycles. The van der Waals surface area contributed by atoms with Gasteiger partial charge in [0.05, 0.1) is 4.47 Å². The first-order valence-corrected chi connectivity index (χ1v) is 9.14. The molecule has 128 valence electrons. The molecule has 0 N–H and O–H groups in total. The number of amides is 1. The van der Waals surface area contributed by atoms with Crippen molar-refractivity contribution in [1.82, 2.24) is 19.6 Å². The Hall–Kier alpha value is -1.08. The Morgan fingerprint density at radius 2 is 1.83 bits per heavy atom. The van der Waals surface area contributed by atoms with Crippen LogP contribution in [0.1, 0.15) is 16.1 Å². The Morgan fingerprint density at radius 1 is 1.21 bits per heavy atom. The Balaban J connectivity index is 1.62. The van der Waals surface area contributed by atoms with E-state index in [1.54, 1.807) is 17.9 Å². The van der Waals surface area contributed by atoms with Crippen molar-refractivity contribution in [3.8, 4) is 0 Å². The summed E-state index contributed by atoms with van der Waals surface area (Å²) in [6.07, 6.45) is 1.78. The van der Waals surface area contributed by atoms with Gasteiger partial charge in [0.15, 0.2) is 5.69 Å². The van der Waals surface area contributed by atoms with E-state index < -0.39 is 0 Å². The molecule has 3 rings (SSSR count). The van der Waals surface area contributed by atoms with E-state index in [4.69, 9.17) is 23.2 Å². The highest BCUT2D eigenvalue weighted by molar-refractivity contribution is 9.10. The van der Waals surface area contributed by atoms with Gasteiger partial charge in [-0.3, -0.25) is 14.4 Å². The fourth-order valence-electron chi connectivity index (χ4n) is 2.77. The number of carbonyl (C=O) groups is 1. The smallest absolute Gasteiger partial charge is 0.275 e. The molecular formula is C16H17BrCl2N4O. The summed E-state index contributed by atoms with van der Waals surface area (Å²) in [6.45, 7) is 3.55. The van der Waals surface area contributed by atoms with Crippen molar-refractivity contribution in [3.63, 3.8) is 0 Å². The van der Waals surface area contributed by atoms with E-state index in [9.17, 15) is 4.79 Å². The topological polar surface area (TPSA) is 41.4 Å². The number of halogens is 3. The number of benzene rings is 1. The van der Waals surface area contributed by atoms with Crippen molar-refractivity contribution in [2.24, 2.45) is 7.05 Å². The lowest BCUT2D eigenvalue weighted by Crippen LogP contribution is -2.48. The van der Waals surface area contributed by atoms with E-state index in [1.807, 2.05) is 23.1 Å². The molecule has 5 nitrogen and oxygen atoms in total. The standard InChI is InChI=1S/C16H17BrCl2N4O/c1-21-10-12(17)15(20-21)16(24)23-7-5-22(6-8-23)9-11-13(18)3-2-4-14(11)19/h2-4,10H,5-9H2,1H3. The molecule has 1 aromatic carbocycles. The van der Waals surface area contributed by atoms with Crippen LogP contribution in [0, 0.1) is 0 Å². The third-order valence-electron chi connectivity index (χ3n) is 4.09. The number of piperazine rings is 1. The lowest BCUT2D eigenvalue weighted by Gasteiger charge is -2.34. The van der Waals surface area contributed by atoms with Crippen molar-refractivity contribution in [2.75, 3.05) is 26.2 Å². The van der Waals surface area contributed by atoms with Crippen LogP contribution in [0.5, 0.6) is 0 Å². The van der Waals surface area contributed by atoms with Crippen LogP contribution in [-0.4, -0.2) is 51.7 Å². The number of aryl methyl sites for hydroxylation is 1. The lowest BCUT2D eigenvalue weighted by molar-refractivity contribution is 0.0621. The van der Waals surface area contributed by atoms with Crippen molar-refractivity contribution in [1.29, 1.82) is 0 Å².